The molecule has 3 N–H and O–H groups in total. The zero-order chi connectivity index (χ0) is 9.52. The van der Waals surface area contributed by atoms with Crippen molar-refractivity contribution in [3.63, 3.8) is 0 Å². The molecule has 0 aromatic rings. The number of guanidine groups is 1. The van der Waals surface area contributed by atoms with E-state index >= 15 is 0 Å². The summed E-state index contributed by atoms with van der Waals surface area (Å²) in [7, 11) is 1.75. The third-order valence-corrected chi connectivity index (χ3v) is 1.25. The quantitative estimate of drug-likeness (QED) is 0.297. The first-order chi connectivity index (χ1) is 6.36. The number of ether oxygens (including phenoxy) is 1. The normalized spacial score (nSPS) is 20.5. The van der Waals surface area contributed by atoms with Gasteiger partial charge in [0, 0.05) is 7.05 Å². The van der Waals surface area contributed by atoms with E-state index in [0.717, 1.165) is 0 Å². The van der Waals surface area contributed by atoms with E-state index in [4.69, 9.17) is 9.57 Å². The van der Waals surface area contributed by atoms with Gasteiger partial charge in [0.2, 0.25) is 12.4 Å². The van der Waals surface area contributed by atoms with Crippen LogP contribution in [0.4, 0.5) is 0 Å². The molecule has 7 heteroatoms. The van der Waals surface area contributed by atoms with Crippen molar-refractivity contribution in [2.45, 2.75) is 13.3 Å². The Bertz CT molecular complexity index is 205. The van der Waals surface area contributed by atoms with Gasteiger partial charge in [-0.3, -0.25) is 5.32 Å². The summed E-state index contributed by atoms with van der Waals surface area (Å²) < 4.78 is 4.82. The number of rotatable bonds is 4. The molecule has 0 fully saturated rings. The molecule has 7 nitrogen and oxygen atoms in total. The maximum atomic E-state index is 4.90. The summed E-state index contributed by atoms with van der Waals surface area (Å²) in [5, 5.41) is 13.0. The van der Waals surface area contributed by atoms with Gasteiger partial charge in [0.1, 0.15) is 0 Å². The summed E-state index contributed by atoms with van der Waals surface area (Å²) >= 11 is 0. The molecule has 0 saturated carbocycles. The molecular weight excluding hydrogens is 174 g/mol. The molecule has 13 heavy (non-hydrogen) atoms. The number of oxime groups is 1. The van der Waals surface area contributed by atoms with Crippen molar-refractivity contribution in [1.29, 1.82) is 0 Å². The average Bonchev–Trinajstić information content (AvgIpc) is 2.60. The van der Waals surface area contributed by atoms with Crippen LogP contribution in [0.2, 0.25) is 0 Å². The Hall–Kier alpha value is -1.66. The zero-order valence-electron chi connectivity index (χ0n) is 7.57. The van der Waals surface area contributed by atoms with Crippen LogP contribution < -0.4 is 16.1 Å². The van der Waals surface area contributed by atoms with E-state index in [9.17, 15) is 0 Å². The molecule has 0 radical (unpaired) electrons. The fraction of sp³-hybridized carbons (Fsp3) is 0.667. The monoisotopic (exact) mass is 187 g/mol. The van der Waals surface area contributed by atoms with Gasteiger partial charge in [0.15, 0.2) is 0 Å². The molecule has 0 aliphatic carbocycles. The Morgan fingerprint density at radius 2 is 2.62 bits per heavy atom. The van der Waals surface area contributed by atoms with Crippen LogP contribution in [0.15, 0.2) is 10.3 Å². The van der Waals surface area contributed by atoms with Gasteiger partial charge in [-0.05, 0) is 6.92 Å². The summed E-state index contributed by atoms with van der Waals surface area (Å²) in [6.07, 6.45) is 0.792. The lowest BCUT2D eigenvalue weighted by Gasteiger charge is -2.07. The highest BCUT2D eigenvalue weighted by atomic mass is 16.7. The maximum Gasteiger partial charge on any atom is 0.290 e. The van der Waals surface area contributed by atoms with Crippen LogP contribution in [-0.2, 0) is 9.57 Å². The van der Waals surface area contributed by atoms with E-state index in [1.165, 1.54) is 6.40 Å². The minimum atomic E-state index is -0.445. The van der Waals surface area contributed by atoms with Gasteiger partial charge in [-0.15, -0.1) is 5.10 Å². The van der Waals surface area contributed by atoms with Crippen molar-refractivity contribution in [3.05, 3.63) is 0 Å². The second-order valence-corrected chi connectivity index (χ2v) is 2.14. The van der Waals surface area contributed by atoms with Crippen LogP contribution in [-0.4, -0.2) is 32.4 Å². The lowest BCUT2D eigenvalue weighted by Crippen LogP contribution is -2.40. The summed E-state index contributed by atoms with van der Waals surface area (Å²) in [5.74, 6) is 0.608. The fourth-order valence-electron chi connectivity index (χ4n) is 0.681. The molecule has 0 bridgehead atoms. The second-order valence-electron chi connectivity index (χ2n) is 2.14. The molecule has 0 spiro atoms. The van der Waals surface area contributed by atoms with Crippen molar-refractivity contribution >= 4 is 12.4 Å². The summed E-state index contributed by atoms with van der Waals surface area (Å²) in [6, 6.07) is 0. The zero-order valence-corrected chi connectivity index (χ0v) is 7.57. The molecule has 74 valence electrons. The Labute approximate surface area is 76.1 Å². The average molecular weight is 187 g/mol. The highest BCUT2D eigenvalue weighted by molar-refractivity contribution is 5.80. The minimum Gasteiger partial charge on any atom is -0.481 e. The Morgan fingerprint density at radius 3 is 3.23 bits per heavy atom. The van der Waals surface area contributed by atoms with Gasteiger partial charge in [0.25, 0.3) is 6.35 Å². The molecule has 1 aliphatic rings. The molecule has 1 atom stereocenters. The first kappa shape index (κ1) is 9.43. The first-order valence-electron chi connectivity index (χ1n) is 3.93. The summed E-state index contributed by atoms with van der Waals surface area (Å²) in [6.45, 7) is 2.43. The number of hydrogen-bond donors (Lipinski definition) is 3. The molecule has 0 amide bonds. The summed E-state index contributed by atoms with van der Waals surface area (Å²) in [4.78, 5) is 4.90. The smallest absolute Gasteiger partial charge is 0.290 e. The molecule has 1 unspecified atom stereocenters. The third kappa shape index (κ3) is 3.06. The van der Waals surface area contributed by atoms with Crippen molar-refractivity contribution in [2.24, 2.45) is 10.3 Å². The van der Waals surface area contributed by atoms with Crippen LogP contribution in [0.25, 0.3) is 0 Å². The summed E-state index contributed by atoms with van der Waals surface area (Å²) in [5.41, 5.74) is 2.66. The standard InChI is InChI=1S/C6H13N5O2/c1-3-12-4-8-13-6-9-5(7-2)10-11-6/h4,6,11H,3H2,1-2H3,(H2,7,9,10). The molecule has 1 rings (SSSR count). The van der Waals surface area contributed by atoms with Crippen LogP contribution in [0, 0.1) is 0 Å². The SMILES string of the molecule is CCOC=NOC1NN=C(NC)N1. The predicted molar refractivity (Wildman–Crippen MR) is 47.8 cm³/mol. The lowest BCUT2D eigenvalue weighted by atomic mass is 10.9. The predicted octanol–water partition coefficient (Wildman–Crippen LogP) is -1.05. The van der Waals surface area contributed by atoms with Crippen molar-refractivity contribution in [2.75, 3.05) is 13.7 Å². The van der Waals surface area contributed by atoms with Crippen LogP contribution in [0.3, 0.4) is 0 Å². The number of hydrogen-bond acceptors (Lipinski definition) is 7. The lowest BCUT2D eigenvalue weighted by molar-refractivity contribution is 0.0294. The number of hydrazone groups is 1. The van der Waals surface area contributed by atoms with E-state index in [0.29, 0.717) is 12.6 Å². The molecule has 0 aromatic heterocycles. The van der Waals surface area contributed by atoms with E-state index in [2.05, 4.69) is 26.3 Å². The largest absolute Gasteiger partial charge is 0.481 e. The van der Waals surface area contributed by atoms with Crippen molar-refractivity contribution < 1.29 is 9.57 Å². The van der Waals surface area contributed by atoms with E-state index < -0.39 is 6.35 Å². The van der Waals surface area contributed by atoms with Gasteiger partial charge in [-0.1, -0.05) is 5.16 Å². The van der Waals surface area contributed by atoms with Crippen molar-refractivity contribution in [1.82, 2.24) is 16.1 Å². The van der Waals surface area contributed by atoms with Gasteiger partial charge in [-0.25, -0.2) is 5.43 Å². The number of nitrogens with zero attached hydrogens (tertiary/aromatic N) is 2. The molecular formula is C6H13N5O2. The highest BCUT2D eigenvalue weighted by Gasteiger charge is 2.15. The first-order valence-corrected chi connectivity index (χ1v) is 3.93. The van der Waals surface area contributed by atoms with Gasteiger partial charge < -0.3 is 14.9 Å². The Morgan fingerprint density at radius 1 is 1.77 bits per heavy atom. The maximum absolute atomic E-state index is 4.90. The molecule has 0 saturated heterocycles. The molecule has 1 aliphatic heterocycles. The Balaban J connectivity index is 2.12. The van der Waals surface area contributed by atoms with E-state index in [1.54, 1.807) is 7.05 Å². The van der Waals surface area contributed by atoms with Crippen LogP contribution >= 0.6 is 0 Å². The van der Waals surface area contributed by atoms with Gasteiger partial charge in [0.05, 0.1) is 6.61 Å². The van der Waals surface area contributed by atoms with Gasteiger partial charge >= 0.3 is 0 Å². The van der Waals surface area contributed by atoms with E-state index in [-0.39, 0.29) is 0 Å². The van der Waals surface area contributed by atoms with Gasteiger partial charge in [-0.2, -0.15) is 0 Å². The van der Waals surface area contributed by atoms with E-state index in [1.807, 2.05) is 6.92 Å². The minimum absolute atomic E-state index is 0.445. The Kier molecular flexibility index (Phi) is 3.68. The molecule has 1 heterocycles. The van der Waals surface area contributed by atoms with Crippen molar-refractivity contribution in [3.8, 4) is 0 Å². The topological polar surface area (TPSA) is 79.3 Å². The molecule has 0 aromatic carbocycles. The van der Waals surface area contributed by atoms with Crippen LogP contribution in [0.5, 0.6) is 0 Å². The second kappa shape index (κ2) is 5.07. The highest BCUT2D eigenvalue weighted by Crippen LogP contribution is 1.89. The van der Waals surface area contributed by atoms with Crippen LogP contribution in [0.1, 0.15) is 6.92 Å². The number of nitrogens with one attached hydrogen (secondary N) is 3. The third-order valence-electron chi connectivity index (χ3n) is 1.25. The fourth-order valence-corrected chi connectivity index (χ4v) is 0.681.